The van der Waals surface area contributed by atoms with E-state index in [4.69, 9.17) is 4.98 Å². The molecule has 3 aromatic carbocycles. The van der Waals surface area contributed by atoms with Gasteiger partial charge >= 0.3 is 0 Å². The first-order chi connectivity index (χ1) is 15.0. The molecule has 0 spiro atoms. The highest BCUT2D eigenvalue weighted by atomic mass is 16.2. The van der Waals surface area contributed by atoms with E-state index in [1.165, 1.54) is 0 Å². The van der Waals surface area contributed by atoms with E-state index in [1.807, 2.05) is 72.5 Å². The zero-order valence-electron chi connectivity index (χ0n) is 18.2. The molecule has 0 saturated heterocycles. The number of nitrogens with zero attached hydrogens (tertiary/aromatic N) is 3. The summed E-state index contributed by atoms with van der Waals surface area (Å²) in [4.78, 5) is 33.2. The van der Waals surface area contributed by atoms with Gasteiger partial charge in [-0.3, -0.25) is 14.2 Å². The standard InChI is InChI=1S/C26H27N3O2/c1-4-16-29(25(30)20-15-14-18-10-6-7-11-19(18)17-20)23(5-2)24-27-22-13-9-8-12-21(22)26(31)28(24)3/h6-15,17,23H,4-5,16H2,1-3H3. The van der Waals surface area contributed by atoms with E-state index in [1.54, 1.807) is 17.7 Å². The maximum Gasteiger partial charge on any atom is 0.261 e. The van der Waals surface area contributed by atoms with Crippen molar-refractivity contribution in [1.29, 1.82) is 0 Å². The van der Waals surface area contributed by atoms with E-state index >= 15 is 0 Å². The van der Waals surface area contributed by atoms with Crippen LogP contribution < -0.4 is 5.56 Å². The Bertz CT molecular complexity index is 1310. The van der Waals surface area contributed by atoms with Gasteiger partial charge in [0.1, 0.15) is 5.82 Å². The molecule has 4 aromatic rings. The van der Waals surface area contributed by atoms with Crippen LogP contribution in [0.4, 0.5) is 0 Å². The fraction of sp³-hybridized carbons (Fsp3) is 0.269. The van der Waals surface area contributed by atoms with Gasteiger partial charge in [-0.05, 0) is 47.9 Å². The van der Waals surface area contributed by atoms with Crippen molar-refractivity contribution in [2.75, 3.05) is 6.54 Å². The first-order valence-corrected chi connectivity index (χ1v) is 10.8. The van der Waals surface area contributed by atoms with Gasteiger partial charge in [0.25, 0.3) is 11.5 Å². The van der Waals surface area contributed by atoms with E-state index in [0.717, 1.165) is 17.2 Å². The second kappa shape index (κ2) is 8.72. The number of benzene rings is 3. The lowest BCUT2D eigenvalue weighted by Crippen LogP contribution is -2.38. The molecule has 0 aliphatic rings. The smallest absolute Gasteiger partial charge is 0.261 e. The number of rotatable bonds is 6. The minimum Gasteiger partial charge on any atom is -0.328 e. The third-order valence-corrected chi connectivity index (χ3v) is 5.80. The minimum atomic E-state index is -0.291. The monoisotopic (exact) mass is 413 g/mol. The molecule has 1 atom stereocenters. The van der Waals surface area contributed by atoms with Gasteiger partial charge in [0.05, 0.1) is 16.9 Å². The van der Waals surface area contributed by atoms with Crippen molar-refractivity contribution in [1.82, 2.24) is 14.5 Å². The van der Waals surface area contributed by atoms with Crippen molar-refractivity contribution in [2.24, 2.45) is 7.05 Å². The summed E-state index contributed by atoms with van der Waals surface area (Å²) < 4.78 is 1.59. The normalized spacial score (nSPS) is 12.2. The fourth-order valence-electron chi connectivity index (χ4n) is 4.20. The predicted molar refractivity (Wildman–Crippen MR) is 125 cm³/mol. The Morgan fingerprint density at radius 1 is 1.00 bits per heavy atom. The molecular weight excluding hydrogens is 386 g/mol. The summed E-state index contributed by atoms with van der Waals surface area (Å²) in [5.41, 5.74) is 1.22. The lowest BCUT2D eigenvalue weighted by molar-refractivity contribution is 0.0658. The van der Waals surface area contributed by atoms with Gasteiger partial charge in [-0.25, -0.2) is 4.98 Å². The van der Waals surface area contributed by atoms with Crippen molar-refractivity contribution < 1.29 is 4.79 Å². The van der Waals surface area contributed by atoms with Gasteiger partial charge in [-0.15, -0.1) is 0 Å². The van der Waals surface area contributed by atoms with Crippen molar-refractivity contribution >= 4 is 27.6 Å². The number of fused-ring (bicyclic) bond motifs is 2. The second-order valence-corrected chi connectivity index (χ2v) is 7.84. The maximum absolute atomic E-state index is 13.6. The van der Waals surface area contributed by atoms with Crippen LogP contribution in [0.15, 0.2) is 71.5 Å². The highest BCUT2D eigenvalue weighted by molar-refractivity contribution is 5.98. The Kier molecular flexibility index (Phi) is 5.85. The van der Waals surface area contributed by atoms with E-state index in [2.05, 4.69) is 6.92 Å². The number of carbonyl (C=O) groups excluding carboxylic acids is 1. The van der Waals surface area contributed by atoms with Crippen molar-refractivity contribution in [2.45, 2.75) is 32.7 Å². The second-order valence-electron chi connectivity index (χ2n) is 7.84. The molecule has 1 heterocycles. The number of carbonyl (C=O) groups is 1. The Hall–Kier alpha value is -3.47. The van der Waals surface area contributed by atoms with Gasteiger partial charge in [0.2, 0.25) is 0 Å². The number of aromatic nitrogens is 2. The largest absolute Gasteiger partial charge is 0.328 e. The molecule has 1 unspecified atom stereocenters. The van der Waals surface area contributed by atoms with Crippen LogP contribution in [0.25, 0.3) is 21.7 Å². The summed E-state index contributed by atoms with van der Waals surface area (Å²) >= 11 is 0. The molecule has 0 saturated carbocycles. The van der Waals surface area contributed by atoms with Gasteiger partial charge in [0, 0.05) is 19.2 Å². The average molecular weight is 414 g/mol. The Balaban J connectivity index is 1.80. The molecule has 0 aliphatic heterocycles. The van der Waals surface area contributed by atoms with Crippen LogP contribution in [-0.4, -0.2) is 26.9 Å². The molecular formula is C26H27N3O2. The van der Waals surface area contributed by atoms with Crippen molar-refractivity contribution in [3.63, 3.8) is 0 Å². The van der Waals surface area contributed by atoms with E-state index in [9.17, 15) is 9.59 Å². The maximum atomic E-state index is 13.6. The number of para-hydroxylation sites is 1. The Morgan fingerprint density at radius 3 is 2.45 bits per heavy atom. The van der Waals surface area contributed by atoms with Gasteiger partial charge in [-0.1, -0.05) is 56.3 Å². The SMILES string of the molecule is CCCN(C(=O)c1ccc2ccccc2c1)C(CC)c1nc2ccccc2c(=O)n1C. The number of amides is 1. The first kappa shape index (κ1) is 20.8. The summed E-state index contributed by atoms with van der Waals surface area (Å²) in [7, 11) is 1.74. The lowest BCUT2D eigenvalue weighted by Gasteiger charge is -2.31. The summed E-state index contributed by atoms with van der Waals surface area (Å²) in [5, 5.41) is 2.73. The summed E-state index contributed by atoms with van der Waals surface area (Å²) in [6.07, 6.45) is 1.48. The Morgan fingerprint density at radius 2 is 1.71 bits per heavy atom. The van der Waals surface area contributed by atoms with Crippen LogP contribution in [0.3, 0.4) is 0 Å². The third-order valence-electron chi connectivity index (χ3n) is 5.80. The van der Waals surface area contributed by atoms with E-state index in [0.29, 0.717) is 35.3 Å². The third kappa shape index (κ3) is 3.83. The molecule has 5 heteroatoms. The number of hydrogen-bond acceptors (Lipinski definition) is 3. The van der Waals surface area contributed by atoms with Crippen LogP contribution in [0.1, 0.15) is 48.9 Å². The molecule has 1 amide bonds. The van der Waals surface area contributed by atoms with Crippen LogP contribution >= 0.6 is 0 Å². The van der Waals surface area contributed by atoms with Crippen molar-refractivity contribution in [3.8, 4) is 0 Å². The van der Waals surface area contributed by atoms with Gasteiger partial charge < -0.3 is 4.90 Å². The zero-order valence-corrected chi connectivity index (χ0v) is 18.2. The van der Waals surface area contributed by atoms with Crippen LogP contribution in [0, 0.1) is 0 Å². The van der Waals surface area contributed by atoms with E-state index < -0.39 is 0 Å². The fourth-order valence-corrected chi connectivity index (χ4v) is 4.20. The number of hydrogen-bond donors (Lipinski definition) is 0. The molecule has 0 N–H and O–H groups in total. The molecule has 0 bridgehead atoms. The van der Waals surface area contributed by atoms with Crippen LogP contribution in [-0.2, 0) is 7.05 Å². The quantitative estimate of drug-likeness (QED) is 0.442. The molecule has 158 valence electrons. The summed E-state index contributed by atoms with van der Waals surface area (Å²) in [6, 6.07) is 20.9. The summed E-state index contributed by atoms with van der Waals surface area (Å²) in [6.45, 7) is 4.68. The molecule has 4 rings (SSSR count). The molecule has 1 aromatic heterocycles. The zero-order chi connectivity index (χ0) is 22.0. The molecule has 31 heavy (non-hydrogen) atoms. The molecule has 0 aliphatic carbocycles. The van der Waals surface area contributed by atoms with E-state index in [-0.39, 0.29) is 17.5 Å². The minimum absolute atomic E-state index is 0.0399. The predicted octanol–water partition coefficient (Wildman–Crippen LogP) is 5.09. The topological polar surface area (TPSA) is 55.2 Å². The Labute approximate surface area is 182 Å². The lowest BCUT2D eigenvalue weighted by atomic mass is 10.0. The molecule has 0 radical (unpaired) electrons. The van der Waals surface area contributed by atoms with Crippen LogP contribution in [0.5, 0.6) is 0 Å². The highest BCUT2D eigenvalue weighted by Gasteiger charge is 2.28. The van der Waals surface area contributed by atoms with Crippen molar-refractivity contribution in [3.05, 3.63) is 88.5 Å². The molecule has 5 nitrogen and oxygen atoms in total. The van der Waals surface area contributed by atoms with Gasteiger partial charge in [-0.2, -0.15) is 0 Å². The molecule has 0 fully saturated rings. The van der Waals surface area contributed by atoms with Gasteiger partial charge in [0.15, 0.2) is 0 Å². The first-order valence-electron chi connectivity index (χ1n) is 10.8. The van der Waals surface area contributed by atoms with Crippen LogP contribution in [0.2, 0.25) is 0 Å². The highest BCUT2D eigenvalue weighted by Crippen LogP contribution is 2.26. The summed E-state index contributed by atoms with van der Waals surface area (Å²) in [5.74, 6) is 0.579. The average Bonchev–Trinajstić information content (AvgIpc) is 2.81.